The standard InChI is InChI=1S/C18H27N3S/c1-12-9-17(4,5)11-18(10-12)19-16(22)21(20-18)15-8-6-7-13(2)14(15)3/h6-8,12,20H,9-11H2,1-5H3,(H,19,22)/t12-,18-/m0/s1. The molecule has 1 aromatic carbocycles. The van der Waals surface area contributed by atoms with Gasteiger partial charge in [0.2, 0.25) is 0 Å². The predicted octanol–water partition coefficient (Wildman–Crippen LogP) is 4.05. The summed E-state index contributed by atoms with van der Waals surface area (Å²) in [6, 6.07) is 6.38. The summed E-state index contributed by atoms with van der Waals surface area (Å²) >= 11 is 5.64. The number of hydrogen-bond donors (Lipinski definition) is 2. The van der Waals surface area contributed by atoms with Crippen LogP contribution in [0.3, 0.4) is 0 Å². The lowest BCUT2D eigenvalue weighted by Crippen LogP contribution is -2.57. The second kappa shape index (κ2) is 5.20. The van der Waals surface area contributed by atoms with E-state index in [4.69, 9.17) is 12.2 Å². The number of benzene rings is 1. The van der Waals surface area contributed by atoms with Crippen LogP contribution in [-0.4, -0.2) is 10.8 Å². The second-order valence-corrected chi connectivity index (χ2v) is 8.42. The van der Waals surface area contributed by atoms with E-state index in [9.17, 15) is 0 Å². The van der Waals surface area contributed by atoms with Gasteiger partial charge in [0.1, 0.15) is 5.66 Å². The van der Waals surface area contributed by atoms with Gasteiger partial charge in [0.05, 0.1) is 5.69 Å². The first-order chi connectivity index (χ1) is 10.2. The smallest absolute Gasteiger partial charge is 0.189 e. The molecule has 1 saturated heterocycles. The highest BCUT2D eigenvalue weighted by atomic mass is 32.1. The van der Waals surface area contributed by atoms with Crippen molar-refractivity contribution in [3.05, 3.63) is 29.3 Å². The molecule has 1 aromatic rings. The Morgan fingerprint density at radius 3 is 2.64 bits per heavy atom. The van der Waals surface area contributed by atoms with Gasteiger partial charge in [0.15, 0.2) is 5.11 Å². The van der Waals surface area contributed by atoms with Gasteiger partial charge in [0.25, 0.3) is 0 Å². The zero-order valence-corrected chi connectivity index (χ0v) is 15.1. The molecule has 0 amide bonds. The maximum absolute atomic E-state index is 5.64. The quantitative estimate of drug-likeness (QED) is 0.764. The lowest BCUT2D eigenvalue weighted by Gasteiger charge is -2.45. The van der Waals surface area contributed by atoms with Crippen LogP contribution in [0.1, 0.15) is 51.2 Å². The number of nitrogens with one attached hydrogen (secondary N) is 2. The summed E-state index contributed by atoms with van der Waals surface area (Å²) in [7, 11) is 0. The molecule has 22 heavy (non-hydrogen) atoms. The van der Waals surface area contributed by atoms with Gasteiger partial charge in [-0.25, -0.2) is 10.4 Å². The van der Waals surface area contributed by atoms with Crippen LogP contribution in [0.4, 0.5) is 5.69 Å². The van der Waals surface area contributed by atoms with Gasteiger partial charge in [-0.3, -0.25) is 0 Å². The van der Waals surface area contributed by atoms with E-state index in [0.29, 0.717) is 11.3 Å². The number of hydrogen-bond acceptors (Lipinski definition) is 2. The van der Waals surface area contributed by atoms with Crippen molar-refractivity contribution in [3.8, 4) is 0 Å². The Labute approximate surface area is 139 Å². The van der Waals surface area contributed by atoms with Crippen LogP contribution in [0.5, 0.6) is 0 Å². The van der Waals surface area contributed by atoms with Crippen molar-refractivity contribution < 1.29 is 0 Å². The fourth-order valence-electron chi connectivity index (χ4n) is 4.45. The summed E-state index contributed by atoms with van der Waals surface area (Å²) in [6.07, 6.45) is 3.47. The number of anilines is 1. The third-order valence-electron chi connectivity index (χ3n) is 5.07. The lowest BCUT2D eigenvalue weighted by atomic mass is 9.68. The lowest BCUT2D eigenvalue weighted by molar-refractivity contribution is 0.0828. The van der Waals surface area contributed by atoms with Crippen molar-refractivity contribution in [3.63, 3.8) is 0 Å². The van der Waals surface area contributed by atoms with E-state index < -0.39 is 0 Å². The Morgan fingerprint density at radius 1 is 1.23 bits per heavy atom. The molecular formula is C18H27N3S. The zero-order chi connectivity index (χ0) is 16.1. The summed E-state index contributed by atoms with van der Waals surface area (Å²) in [6.45, 7) is 11.4. The normalized spacial score (nSPS) is 30.7. The van der Waals surface area contributed by atoms with Crippen LogP contribution < -0.4 is 15.8 Å². The molecule has 1 heterocycles. The molecule has 0 aromatic heterocycles. The van der Waals surface area contributed by atoms with Crippen molar-refractivity contribution >= 4 is 23.0 Å². The van der Waals surface area contributed by atoms with Crippen molar-refractivity contribution in [2.75, 3.05) is 5.01 Å². The van der Waals surface area contributed by atoms with Gasteiger partial charge in [-0.2, -0.15) is 0 Å². The average molecular weight is 318 g/mol. The molecular weight excluding hydrogens is 290 g/mol. The largest absolute Gasteiger partial charge is 0.342 e. The minimum atomic E-state index is -0.103. The van der Waals surface area contributed by atoms with E-state index >= 15 is 0 Å². The molecule has 1 spiro atoms. The minimum absolute atomic E-state index is 0.103. The van der Waals surface area contributed by atoms with Gasteiger partial charge >= 0.3 is 0 Å². The maximum Gasteiger partial charge on any atom is 0.189 e. The molecule has 1 saturated carbocycles. The van der Waals surface area contributed by atoms with Crippen molar-refractivity contribution in [1.29, 1.82) is 0 Å². The molecule has 3 nitrogen and oxygen atoms in total. The second-order valence-electron chi connectivity index (χ2n) is 8.03. The van der Waals surface area contributed by atoms with E-state index in [2.05, 4.69) is 68.6 Å². The molecule has 1 aliphatic heterocycles. The molecule has 2 aliphatic rings. The molecule has 0 bridgehead atoms. The Balaban J connectivity index is 1.91. The van der Waals surface area contributed by atoms with Gasteiger partial charge in [-0.05, 0) is 73.9 Å². The molecule has 2 fully saturated rings. The average Bonchev–Trinajstić information content (AvgIpc) is 2.66. The molecule has 1 aliphatic carbocycles. The Kier molecular flexibility index (Phi) is 3.73. The first-order valence-corrected chi connectivity index (χ1v) is 8.59. The van der Waals surface area contributed by atoms with E-state index in [1.165, 1.54) is 17.5 Å². The Hall–Kier alpha value is -1.13. The van der Waals surface area contributed by atoms with E-state index in [-0.39, 0.29) is 5.66 Å². The molecule has 4 heteroatoms. The molecule has 0 radical (unpaired) electrons. The molecule has 3 rings (SSSR count). The first-order valence-electron chi connectivity index (χ1n) is 8.18. The highest BCUT2D eigenvalue weighted by molar-refractivity contribution is 7.80. The molecule has 120 valence electrons. The van der Waals surface area contributed by atoms with Gasteiger partial charge in [-0.15, -0.1) is 0 Å². The fourth-order valence-corrected chi connectivity index (χ4v) is 4.79. The van der Waals surface area contributed by atoms with Crippen molar-refractivity contribution in [1.82, 2.24) is 10.7 Å². The van der Waals surface area contributed by atoms with Crippen LogP contribution in [-0.2, 0) is 0 Å². The van der Waals surface area contributed by atoms with Crippen LogP contribution in [0, 0.1) is 25.2 Å². The van der Waals surface area contributed by atoms with Gasteiger partial charge < -0.3 is 5.32 Å². The number of nitrogens with zero attached hydrogens (tertiary/aromatic N) is 1. The van der Waals surface area contributed by atoms with Crippen LogP contribution in [0.25, 0.3) is 0 Å². The molecule has 2 N–H and O–H groups in total. The Morgan fingerprint density at radius 2 is 1.95 bits per heavy atom. The summed E-state index contributed by atoms with van der Waals surface area (Å²) in [5.74, 6) is 0.685. The topological polar surface area (TPSA) is 27.3 Å². The van der Waals surface area contributed by atoms with E-state index in [0.717, 1.165) is 23.6 Å². The molecule has 2 atom stereocenters. The highest BCUT2D eigenvalue weighted by Crippen LogP contribution is 2.44. The number of rotatable bonds is 1. The number of hydrazine groups is 1. The maximum atomic E-state index is 5.64. The van der Waals surface area contributed by atoms with Gasteiger partial charge in [0, 0.05) is 0 Å². The van der Waals surface area contributed by atoms with Crippen LogP contribution in [0.15, 0.2) is 18.2 Å². The van der Waals surface area contributed by atoms with Crippen molar-refractivity contribution in [2.24, 2.45) is 11.3 Å². The third-order valence-corrected chi connectivity index (χ3v) is 5.35. The predicted molar refractivity (Wildman–Crippen MR) is 96.8 cm³/mol. The number of thiocarbonyl (C=S) groups is 1. The fraction of sp³-hybridized carbons (Fsp3) is 0.611. The molecule has 0 unspecified atom stereocenters. The van der Waals surface area contributed by atoms with Crippen LogP contribution >= 0.6 is 12.2 Å². The van der Waals surface area contributed by atoms with E-state index in [1.807, 2.05) is 0 Å². The van der Waals surface area contributed by atoms with Crippen LogP contribution in [0.2, 0.25) is 0 Å². The number of aryl methyl sites for hydroxylation is 1. The summed E-state index contributed by atoms with van der Waals surface area (Å²) < 4.78 is 0. The first kappa shape index (κ1) is 15.8. The highest BCUT2D eigenvalue weighted by Gasteiger charge is 2.48. The zero-order valence-electron chi connectivity index (χ0n) is 14.3. The Bertz CT molecular complexity index is 610. The summed E-state index contributed by atoms with van der Waals surface area (Å²) in [5.41, 5.74) is 7.66. The van der Waals surface area contributed by atoms with Gasteiger partial charge in [-0.1, -0.05) is 32.9 Å². The van der Waals surface area contributed by atoms with Crippen molar-refractivity contribution in [2.45, 2.75) is 59.5 Å². The summed E-state index contributed by atoms with van der Waals surface area (Å²) in [4.78, 5) is 0. The van der Waals surface area contributed by atoms with E-state index in [1.54, 1.807) is 0 Å². The minimum Gasteiger partial charge on any atom is -0.342 e. The SMILES string of the molecule is Cc1cccc(N2N[C@]3(C[C@@H](C)CC(C)(C)C3)NC2=S)c1C. The summed E-state index contributed by atoms with van der Waals surface area (Å²) in [5, 5.41) is 6.46. The third kappa shape index (κ3) is 2.74. The monoisotopic (exact) mass is 317 g/mol.